The number of hydrogen-bond acceptors (Lipinski definition) is 5. The van der Waals surface area contributed by atoms with Gasteiger partial charge in [0.05, 0.1) is 25.3 Å². The molecule has 3 aromatic carbocycles. The van der Waals surface area contributed by atoms with Crippen molar-refractivity contribution in [3.05, 3.63) is 101 Å². The van der Waals surface area contributed by atoms with Crippen LogP contribution in [-0.4, -0.2) is 40.4 Å². The predicted octanol–water partition coefficient (Wildman–Crippen LogP) is 5.20. The fourth-order valence-electron chi connectivity index (χ4n) is 4.65. The second-order valence-electron chi connectivity index (χ2n) is 8.52. The molecule has 182 valence electrons. The van der Waals surface area contributed by atoms with Crippen LogP contribution in [0.3, 0.4) is 0 Å². The summed E-state index contributed by atoms with van der Waals surface area (Å²) in [6.07, 6.45) is 1.80. The van der Waals surface area contributed by atoms with E-state index >= 15 is 0 Å². The maximum Gasteiger partial charge on any atom is 0.295 e. The summed E-state index contributed by atoms with van der Waals surface area (Å²) in [4.78, 5) is 31.4. The minimum Gasteiger partial charge on any atom is -0.507 e. The molecule has 4 aromatic rings. The Balaban J connectivity index is 1.63. The summed E-state index contributed by atoms with van der Waals surface area (Å²) in [5.74, 6) is -0.241. The molecule has 1 amide bonds. The summed E-state index contributed by atoms with van der Waals surface area (Å²) >= 11 is 0. The normalized spacial score (nSPS) is 17.1. The summed E-state index contributed by atoms with van der Waals surface area (Å²) in [5, 5.41) is 12.2. The van der Waals surface area contributed by atoms with Crippen LogP contribution in [-0.2, 0) is 16.1 Å². The molecule has 0 saturated carbocycles. The number of fused-ring (bicyclic) bond motifs is 1. The van der Waals surface area contributed by atoms with Crippen molar-refractivity contribution in [2.24, 2.45) is 0 Å². The zero-order valence-electron chi connectivity index (χ0n) is 20.0. The number of aromatic nitrogens is 1. The molecule has 7 heteroatoms. The smallest absolute Gasteiger partial charge is 0.295 e. The topological polar surface area (TPSA) is 91.9 Å². The van der Waals surface area contributed by atoms with Crippen molar-refractivity contribution in [2.45, 2.75) is 19.5 Å². The first-order valence-electron chi connectivity index (χ1n) is 11.7. The number of nitrogens with one attached hydrogen (secondary N) is 1. The van der Waals surface area contributed by atoms with Gasteiger partial charge in [-0.25, -0.2) is 0 Å². The monoisotopic (exact) mass is 482 g/mol. The zero-order chi connectivity index (χ0) is 25.2. The fourth-order valence-corrected chi connectivity index (χ4v) is 4.65. The number of aliphatic hydroxyl groups is 1. The van der Waals surface area contributed by atoms with E-state index in [4.69, 9.17) is 9.47 Å². The summed E-state index contributed by atoms with van der Waals surface area (Å²) < 4.78 is 10.7. The SMILES string of the molecule is CCOc1ccc(/C(O)=C2\C(=O)C(=O)N(Cc3ccc(OC)cc3)C2c2c[nH]c3ccccc23)cc1. The van der Waals surface area contributed by atoms with Gasteiger partial charge in [0.1, 0.15) is 17.3 Å². The Morgan fingerprint density at radius 1 is 0.972 bits per heavy atom. The van der Waals surface area contributed by atoms with Gasteiger partial charge < -0.3 is 24.5 Å². The third-order valence-electron chi connectivity index (χ3n) is 6.41. The number of aromatic amines is 1. The van der Waals surface area contributed by atoms with E-state index < -0.39 is 17.7 Å². The first kappa shape index (κ1) is 23.2. The second-order valence-corrected chi connectivity index (χ2v) is 8.52. The number of carbonyl (C=O) groups is 2. The molecule has 1 saturated heterocycles. The number of likely N-dealkylation sites (tertiary alicyclic amines) is 1. The minimum absolute atomic E-state index is 0.0578. The van der Waals surface area contributed by atoms with Gasteiger partial charge in [0.25, 0.3) is 11.7 Å². The number of nitrogens with zero attached hydrogens (tertiary/aromatic N) is 1. The van der Waals surface area contributed by atoms with E-state index in [1.165, 1.54) is 4.90 Å². The van der Waals surface area contributed by atoms with Crippen molar-refractivity contribution in [3.63, 3.8) is 0 Å². The molecule has 5 rings (SSSR count). The van der Waals surface area contributed by atoms with Crippen LogP contribution in [0.5, 0.6) is 11.5 Å². The van der Waals surface area contributed by atoms with Crippen LogP contribution < -0.4 is 9.47 Å². The van der Waals surface area contributed by atoms with Gasteiger partial charge in [0.2, 0.25) is 0 Å². The molecular weight excluding hydrogens is 456 g/mol. The molecule has 7 nitrogen and oxygen atoms in total. The number of ether oxygens (including phenoxy) is 2. The van der Waals surface area contributed by atoms with Gasteiger partial charge in [-0.2, -0.15) is 0 Å². The molecule has 1 aliphatic rings. The van der Waals surface area contributed by atoms with Crippen LogP contribution in [0.25, 0.3) is 16.7 Å². The Morgan fingerprint density at radius 3 is 2.36 bits per heavy atom. The lowest BCUT2D eigenvalue weighted by atomic mass is 9.94. The van der Waals surface area contributed by atoms with Crippen LogP contribution in [0.4, 0.5) is 0 Å². The Hall–Kier alpha value is -4.52. The molecule has 2 N–H and O–H groups in total. The maximum atomic E-state index is 13.4. The number of methoxy groups -OCH3 is 1. The van der Waals surface area contributed by atoms with Crippen molar-refractivity contribution in [1.82, 2.24) is 9.88 Å². The number of benzene rings is 3. The Morgan fingerprint density at radius 2 is 1.67 bits per heavy atom. The molecule has 1 fully saturated rings. The van der Waals surface area contributed by atoms with E-state index in [-0.39, 0.29) is 17.9 Å². The highest BCUT2D eigenvalue weighted by molar-refractivity contribution is 6.46. The second kappa shape index (κ2) is 9.62. The van der Waals surface area contributed by atoms with E-state index in [1.54, 1.807) is 37.6 Å². The van der Waals surface area contributed by atoms with Crippen LogP contribution >= 0.6 is 0 Å². The van der Waals surface area contributed by atoms with Crippen molar-refractivity contribution in [3.8, 4) is 11.5 Å². The van der Waals surface area contributed by atoms with Gasteiger partial charge in [-0.05, 0) is 55.0 Å². The molecule has 0 radical (unpaired) electrons. The van der Waals surface area contributed by atoms with E-state index in [2.05, 4.69) is 4.98 Å². The molecule has 0 spiro atoms. The lowest BCUT2D eigenvalue weighted by molar-refractivity contribution is -0.140. The van der Waals surface area contributed by atoms with Crippen LogP contribution in [0, 0.1) is 0 Å². The van der Waals surface area contributed by atoms with E-state index in [9.17, 15) is 14.7 Å². The van der Waals surface area contributed by atoms with Crippen molar-refractivity contribution in [1.29, 1.82) is 0 Å². The highest BCUT2D eigenvalue weighted by Crippen LogP contribution is 2.42. The third kappa shape index (κ3) is 4.09. The van der Waals surface area contributed by atoms with Crippen LogP contribution in [0.15, 0.2) is 84.6 Å². The lowest BCUT2D eigenvalue weighted by Gasteiger charge is -2.25. The average Bonchev–Trinajstić information content (AvgIpc) is 3.44. The zero-order valence-corrected chi connectivity index (χ0v) is 20.0. The van der Waals surface area contributed by atoms with Crippen LogP contribution in [0.2, 0.25) is 0 Å². The first-order chi connectivity index (χ1) is 17.5. The quantitative estimate of drug-likeness (QED) is 0.215. The van der Waals surface area contributed by atoms with Gasteiger partial charge in [-0.3, -0.25) is 9.59 Å². The van der Waals surface area contributed by atoms with Crippen molar-refractivity contribution < 1.29 is 24.2 Å². The van der Waals surface area contributed by atoms with Crippen LogP contribution in [0.1, 0.15) is 29.7 Å². The van der Waals surface area contributed by atoms with E-state index in [0.717, 1.165) is 22.0 Å². The summed E-state index contributed by atoms with van der Waals surface area (Å²) in [7, 11) is 1.59. The largest absolute Gasteiger partial charge is 0.507 e. The number of carbonyl (C=O) groups excluding carboxylic acids is 2. The summed E-state index contributed by atoms with van der Waals surface area (Å²) in [6.45, 7) is 2.60. The Bertz CT molecular complexity index is 1450. The Kier molecular flexibility index (Phi) is 6.21. The molecule has 1 aromatic heterocycles. The van der Waals surface area contributed by atoms with Crippen molar-refractivity contribution >= 4 is 28.4 Å². The van der Waals surface area contributed by atoms with E-state index in [0.29, 0.717) is 23.7 Å². The van der Waals surface area contributed by atoms with Gasteiger partial charge in [-0.1, -0.05) is 30.3 Å². The highest BCUT2D eigenvalue weighted by atomic mass is 16.5. The lowest BCUT2D eigenvalue weighted by Crippen LogP contribution is -2.29. The molecule has 2 heterocycles. The molecule has 0 aliphatic carbocycles. The molecule has 36 heavy (non-hydrogen) atoms. The third-order valence-corrected chi connectivity index (χ3v) is 6.41. The molecule has 0 bridgehead atoms. The number of ketones is 1. The Labute approximate surface area is 208 Å². The van der Waals surface area contributed by atoms with Gasteiger partial charge in [-0.15, -0.1) is 0 Å². The number of Topliss-reactive ketones (excluding diaryl/α,β-unsaturated/α-hetero) is 1. The molecule has 1 atom stereocenters. The fraction of sp³-hybridized carbons (Fsp3) is 0.172. The molecule has 1 aliphatic heterocycles. The molecule has 1 unspecified atom stereocenters. The number of hydrogen-bond donors (Lipinski definition) is 2. The van der Waals surface area contributed by atoms with E-state index in [1.807, 2.05) is 55.5 Å². The van der Waals surface area contributed by atoms with Gasteiger partial charge >= 0.3 is 0 Å². The number of H-pyrrole nitrogens is 1. The standard InChI is InChI=1S/C29H26N2O5/c1-3-36-21-14-10-19(11-15-21)27(32)25-26(23-16-30-24-7-5-4-6-22(23)24)31(29(34)28(25)33)17-18-8-12-20(35-2)13-9-18/h4-16,26,30,32H,3,17H2,1-2H3/b27-25+. The molecular formula is C29H26N2O5. The number of rotatable bonds is 7. The van der Waals surface area contributed by atoms with Gasteiger partial charge in [0.15, 0.2) is 0 Å². The number of aliphatic hydroxyl groups excluding tert-OH is 1. The minimum atomic E-state index is -0.769. The summed E-state index contributed by atoms with van der Waals surface area (Å²) in [5.41, 5.74) is 2.95. The summed E-state index contributed by atoms with van der Waals surface area (Å²) in [6, 6.07) is 21.1. The van der Waals surface area contributed by atoms with Crippen molar-refractivity contribution in [2.75, 3.05) is 13.7 Å². The maximum absolute atomic E-state index is 13.4. The highest BCUT2D eigenvalue weighted by Gasteiger charge is 2.46. The number of amides is 1. The predicted molar refractivity (Wildman–Crippen MR) is 137 cm³/mol. The number of para-hydroxylation sites is 1. The average molecular weight is 483 g/mol. The van der Waals surface area contributed by atoms with Gasteiger partial charge in [0, 0.05) is 34.8 Å². The first-order valence-corrected chi connectivity index (χ1v) is 11.7.